The first-order valence-corrected chi connectivity index (χ1v) is 8.01. The molecule has 0 bridgehead atoms. The van der Waals surface area contributed by atoms with Gasteiger partial charge in [-0.05, 0) is 19.4 Å². The van der Waals surface area contributed by atoms with Crippen LogP contribution in [0.25, 0.3) is 0 Å². The van der Waals surface area contributed by atoms with Crippen molar-refractivity contribution < 1.29 is 13.0 Å². The van der Waals surface area contributed by atoms with Gasteiger partial charge in [-0.25, -0.2) is 0 Å². The Morgan fingerprint density at radius 3 is 2.79 bits per heavy atom. The van der Waals surface area contributed by atoms with E-state index in [1.54, 1.807) is 0 Å². The van der Waals surface area contributed by atoms with Gasteiger partial charge in [0.15, 0.2) is 0 Å². The zero-order valence-electron chi connectivity index (χ0n) is 11.5. The van der Waals surface area contributed by atoms with Gasteiger partial charge in [0.25, 0.3) is 10.1 Å². The fraction of sp³-hybridized carbons (Fsp3) is 0.615. The summed E-state index contributed by atoms with van der Waals surface area (Å²) >= 11 is 0. The van der Waals surface area contributed by atoms with Crippen molar-refractivity contribution in [2.24, 2.45) is 10.4 Å². The second kappa shape index (κ2) is 4.76. The van der Waals surface area contributed by atoms with E-state index in [9.17, 15) is 8.42 Å². The van der Waals surface area contributed by atoms with Crippen molar-refractivity contribution >= 4 is 16.0 Å². The summed E-state index contributed by atoms with van der Waals surface area (Å²) in [6, 6.07) is 0.206. The molecule has 0 fully saturated rings. The quantitative estimate of drug-likeness (QED) is 0.800. The van der Waals surface area contributed by atoms with Crippen molar-refractivity contribution in [3.05, 3.63) is 23.9 Å². The maximum Gasteiger partial charge on any atom is 0.264 e. The Morgan fingerprint density at radius 2 is 2.16 bits per heavy atom. The molecule has 0 aromatic carbocycles. The molecule has 2 rings (SSSR count). The maximum atomic E-state index is 10.7. The Bertz CT molecular complexity index is 558. The van der Waals surface area contributed by atoms with E-state index in [1.165, 1.54) is 5.57 Å². The Morgan fingerprint density at radius 1 is 1.47 bits per heavy atom. The van der Waals surface area contributed by atoms with Crippen LogP contribution < -0.4 is 0 Å². The van der Waals surface area contributed by atoms with Gasteiger partial charge in [-0.2, -0.15) is 8.42 Å². The number of hydrogen-bond donors (Lipinski definition) is 1. The molecule has 0 amide bonds. The second-order valence-electron chi connectivity index (χ2n) is 5.61. The van der Waals surface area contributed by atoms with E-state index in [0.717, 1.165) is 5.84 Å². The highest BCUT2D eigenvalue weighted by atomic mass is 32.2. The third-order valence-corrected chi connectivity index (χ3v) is 4.70. The smallest absolute Gasteiger partial charge is 0.264 e. The van der Waals surface area contributed by atoms with Crippen molar-refractivity contribution in [3.63, 3.8) is 0 Å². The van der Waals surface area contributed by atoms with E-state index in [1.807, 2.05) is 17.2 Å². The summed E-state index contributed by atoms with van der Waals surface area (Å²) in [5.74, 6) is 0.707. The number of amidine groups is 1. The molecule has 0 saturated heterocycles. The van der Waals surface area contributed by atoms with Gasteiger partial charge >= 0.3 is 0 Å². The standard InChI is InChI=1S/C13H20N2O3S/c1-10-13(2,3)11-6-4-7-15(12(11)14-10)8-5-9-19(16,17)18/h4,6-7,10H,5,8-9H2,1-3H3,(H,16,17,18). The molecule has 1 unspecified atom stereocenters. The Kier molecular flexibility index (Phi) is 3.57. The van der Waals surface area contributed by atoms with Crippen LogP contribution in [0.1, 0.15) is 27.2 Å². The fourth-order valence-corrected chi connectivity index (χ4v) is 2.85. The van der Waals surface area contributed by atoms with E-state index < -0.39 is 10.1 Å². The average molecular weight is 284 g/mol. The number of hydrogen-bond acceptors (Lipinski definition) is 4. The molecule has 1 N–H and O–H groups in total. The lowest BCUT2D eigenvalue weighted by molar-refractivity contribution is 0.402. The first kappa shape index (κ1) is 14.3. The van der Waals surface area contributed by atoms with Gasteiger partial charge < -0.3 is 4.90 Å². The van der Waals surface area contributed by atoms with Crippen molar-refractivity contribution in [1.29, 1.82) is 0 Å². The number of allylic oxidation sites excluding steroid dienone is 2. The van der Waals surface area contributed by atoms with E-state index in [0.29, 0.717) is 13.0 Å². The average Bonchev–Trinajstić information content (AvgIpc) is 2.50. The summed E-state index contributed by atoms with van der Waals surface area (Å²) in [6.07, 6.45) is 6.31. The third-order valence-electron chi connectivity index (χ3n) is 3.90. The Hall–Kier alpha value is -1.14. The molecule has 1 atom stereocenters. The molecule has 19 heavy (non-hydrogen) atoms. The summed E-state index contributed by atoms with van der Waals surface area (Å²) in [6.45, 7) is 6.95. The zero-order chi connectivity index (χ0) is 14.3. The van der Waals surface area contributed by atoms with Crippen LogP contribution in [0.2, 0.25) is 0 Å². The number of rotatable bonds is 4. The highest BCUT2D eigenvalue weighted by Crippen LogP contribution is 2.40. The predicted octanol–water partition coefficient (Wildman–Crippen LogP) is 1.85. The van der Waals surface area contributed by atoms with Gasteiger partial charge in [0, 0.05) is 23.7 Å². The largest absolute Gasteiger partial charge is 0.333 e. The first-order valence-electron chi connectivity index (χ1n) is 6.41. The minimum Gasteiger partial charge on any atom is -0.333 e. The van der Waals surface area contributed by atoms with E-state index in [4.69, 9.17) is 4.55 Å². The summed E-state index contributed by atoms with van der Waals surface area (Å²) in [5, 5.41) is 0. The lowest BCUT2D eigenvalue weighted by Gasteiger charge is -2.29. The van der Waals surface area contributed by atoms with Crippen LogP contribution in [-0.2, 0) is 10.1 Å². The second-order valence-corrected chi connectivity index (χ2v) is 7.18. The number of aliphatic imine (C=N–C) groups is 1. The molecule has 0 saturated carbocycles. The fourth-order valence-electron chi connectivity index (χ4n) is 2.36. The molecule has 2 aliphatic heterocycles. The normalized spacial score (nSPS) is 25.1. The van der Waals surface area contributed by atoms with E-state index in [2.05, 4.69) is 31.8 Å². The molecule has 0 aliphatic carbocycles. The topological polar surface area (TPSA) is 70.0 Å². The molecule has 2 aliphatic rings. The molecule has 106 valence electrons. The van der Waals surface area contributed by atoms with Gasteiger partial charge in [-0.1, -0.05) is 19.9 Å². The molecule has 0 spiro atoms. The van der Waals surface area contributed by atoms with Gasteiger partial charge in [-0.3, -0.25) is 9.55 Å². The third kappa shape index (κ3) is 2.90. The monoisotopic (exact) mass is 284 g/mol. The minimum atomic E-state index is -3.89. The van der Waals surface area contributed by atoms with Crippen LogP contribution in [-0.4, -0.2) is 42.0 Å². The van der Waals surface area contributed by atoms with E-state index >= 15 is 0 Å². The van der Waals surface area contributed by atoms with Gasteiger partial charge in [-0.15, -0.1) is 0 Å². The van der Waals surface area contributed by atoms with Crippen LogP contribution in [0.15, 0.2) is 28.9 Å². The van der Waals surface area contributed by atoms with Gasteiger partial charge in [0.1, 0.15) is 5.84 Å². The summed E-state index contributed by atoms with van der Waals surface area (Å²) < 4.78 is 30.2. The van der Waals surface area contributed by atoms with Gasteiger partial charge in [0.05, 0.1) is 11.8 Å². The Balaban J connectivity index is 2.08. The van der Waals surface area contributed by atoms with Crippen molar-refractivity contribution in [2.75, 3.05) is 12.3 Å². The van der Waals surface area contributed by atoms with Crippen LogP contribution in [0.3, 0.4) is 0 Å². The Labute approximate surface area is 114 Å². The van der Waals surface area contributed by atoms with Crippen molar-refractivity contribution in [1.82, 2.24) is 4.90 Å². The predicted molar refractivity (Wildman–Crippen MR) is 75.6 cm³/mol. The lowest BCUT2D eigenvalue weighted by atomic mass is 9.79. The molecule has 0 radical (unpaired) electrons. The van der Waals surface area contributed by atoms with Crippen molar-refractivity contribution in [3.8, 4) is 0 Å². The molecular weight excluding hydrogens is 264 g/mol. The summed E-state index contributed by atoms with van der Waals surface area (Å²) in [7, 11) is -3.89. The minimum absolute atomic E-state index is 0.00139. The summed E-state index contributed by atoms with van der Waals surface area (Å²) in [5.41, 5.74) is 1.19. The molecule has 2 heterocycles. The highest BCUT2D eigenvalue weighted by molar-refractivity contribution is 7.85. The van der Waals surface area contributed by atoms with E-state index in [-0.39, 0.29) is 17.2 Å². The highest BCUT2D eigenvalue weighted by Gasteiger charge is 2.40. The maximum absolute atomic E-state index is 10.7. The molecule has 0 aromatic heterocycles. The first-order chi connectivity index (χ1) is 8.72. The van der Waals surface area contributed by atoms with Crippen LogP contribution >= 0.6 is 0 Å². The van der Waals surface area contributed by atoms with Crippen LogP contribution in [0, 0.1) is 5.41 Å². The molecule has 0 aromatic rings. The van der Waals surface area contributed by atoms with Crippen LogP contribution in [0.4, 0.5) is 0 Å². The lowest BCUT2D eigenvalue weighted by Crippen LogP contribution is -2.33. The molecular formula is C13H20N2O3S. The SMILES string of the molecule is CC1N=C2C(=CC=CN2CCCS(=O)(=O)O)C1(C)C. The molecule has 6 heteroatoms. The zero-order valence-corrected chi connectivity index (χ0v) is 12.3. The summed E-state index contributed by atoms with van der Waals surface area (Å²) in [4.78, 5) is 6.63. The van der Waals surface area contributed by atoms with Crippen LogP contribution in [0.5, 0.6) is 0 Å². The number of fused-ring (bicyclic) bond motifs is 1. The number of nitrogens with zero attached hydrogens (tertiary/aromatic N) is 2. The molecule has 5 nitrogen and oxygen atoms in total. The van der Waals surface area contributed by atoms with Gasteiger partial charge in [0.2, 0.25) is 0 Å². The van der Waals surface area contributed by atoms with Crippen molar-refractivity contribution in [2.45, 2.75) is 33.2 Å².